The zero-order valence-electron chi connectivity index (χ0n) is 14.1. The smallest absolute Gasteiger partial charge is 0.208 e. The first-order valence-corrected chi connectivity index (χ1v) is 9.79. The Hall–Kier alpha value is -1.80. The molecular formula is C16H20N6S2. The lowest BCUT2D eigenvalue weighted by Gasteiger charge is -2.35. The highest BCUT2D eigenvalue weighted by Gasteiger charge is 2.23. The summed E-state index contributed by atoms with van der Waals surface area (Å²) >= 11 is 3.44. The minimum absolute atomic E-state index is 0.439. The van der Waals surface area contributed by atoms with E-state index in [1.807, 2.05) is 0 Å². The second-order valence-corrected chi connectivity index (χ2v) is 8.55. The first kappa shape index (κ1) is 15.7. The van der Waals surface area contributed by atoms with Crippen molar-refractivity contribution in [3.63, 3.8) is 0 Å². The first-order chi connectivity index (χ1) is 11.6. The van der Waals surface area contributed by atoms with Crippen molar-refractivity contribution in [1.82, 2.24) is 20.2 Å². The monoisotopic (exact) mass is 360 g/mol. The largest absolute Gasteiger partial charge is 0.352 e. The highest BCUT2D eigenvalue weighted by molar-refractivity contribution is 7.18. The molecule has 0 spiro atoms. The fourth-order valence-electron chi connectivity index (χ4n) is 2.91. The van der Waals surface area contributed by atoms with Gasteiger partial charge in [0.15, 0.2) is 0 Å². The van der Waals surface area contributed by atoms with Crippen LogP contribution in [0.2, 0.25) is 0 Å². The molecule has 1 saturated heterocycles. The number of fused-ring (bicyclic) bond motifs is 1. The number of nitrogens with zero attached hydrogens (tertiary/aromatic N) is 6. The van der Waals surface area contributed by atoms with Crippen molar-refractivity contribution < 1.29 is 0 Å². The van der Waals surface area contributed by atoms with E-state index in [4.69, 9.17) is 0 Å². The van der Waals surface area contributed by atoms with Gasteiger partial charge < -0.3 is 9.80 Å². The van der Waals surface area contributed by atoms with Gasteiger partial charge in [-0.15, -0.1) is 21.5 Å². The van der Waals surface area contributed by atoms with E-state index >= 15 is 0 Å². The summed E-state index contributed by atoms with van der Waals surface area (Å²) in [7, 11) is 0. The summed E-state index contributed by atoms with van der Waals surface area (Å²) in [5, 5.41) is 12.0. The Morgan fingerprint density at radius 3 is 2.46 bits per heavy atom. The summed E-state index contributed by atoms with van der Waals surface area (Å²) in [5.41, 5.74) is 0. The summed E-state index contributed by atoms with van der Waals surface area (Å²) in [6.45, 7) is 10.2. The number of aryl methyl sites for hydroxylation is 1. The second-order valence-electron chi connectivity index (χ2n) is 6.32. The molecule has 0 bridgehead atoms. The zero-order chi connectivity index (χ0) is 16.7. The minimum Gasteiger partial charge on any atom is -0.352 e. The Labute approximate surface area is 149 Å². The van der Waals surface area contributed by atoms with E-state index < -0.39 is 0 Å². The highest BCUT2D eigenvalue weighted by atomic mass is 32.1. The number of aromatic nitrogens is 4. The van der Waals surface area contributed by atoms with Gasteiger partial charge in [-0.2, -0.15) is 0 Å². The van der Waals surface area contributed by atoms with E-state index in [0.29, 0.717) is 5.92 Å². The van der Waals surface area contributed by atoms with Crippen molar-refractivity contribution >= 4 is 43.8 Å². The van der Waals surface area contributed by atoms with E-state index in [9.17, 15) is 0 Å². The molecule has 0 unspecified atom stereocenters. The second kappa shape index (κ2) is 6.25. The van der Waals surface area contributed by atoms with Gasteiger partial charge >= 0.3 is 0 Å². The fraction of sp³-hybridized carbons (Fsp3) is 0.500. The summed E-state index contributed by atoms with van der Waals surface area (Å²) in [4.78, 5) is 16.0. The zero-order valence-corrected chi connectivity index (χ0v) is 15.7. The average molecular weight is 361 g/mol. The lowest BCUT2D eigenvalue weighted by Crippen LogP contribution is -2.46. The molecule has 0 aromatic carbocycles. The maximum Gasteiger partial charge on any atom is 0.208 e. The predicted octanol–water partition coefficient (Wildman–Crippen LogP) is 3.30. The normalized spacial score (nSPS) is 15.7. The standard InChI is InChI=1S/C16H20N6S2/c1-10(2)14-19-20-16(24-14)22-6-4-21(5-7-22)13-12-8-11(3)23-15(12)18-9-17-13/h8-10H,4-7H2,1-3H3. The molecule has 8 heteroatoms. The molecule has 6 nitrogen and oxygen atoms in total. The van der Waals surface area contributed by atoms with Crippen LogP contribution in [0.25, 0.3) is 10.2 Å². The molecule has 0 radical (unpaired) electrons. The number of rotatable bonds is 3. The molecule has 1 aliphatic heterocycles. The summed E-state index contributed by atoms with van der Waals surface area (Å²) in [5.74, 6) is 1.50. The molecule has 0 atom stereocenters. The third-order valence-corrected chi connectivity index (χ3v) is 6.45. The van der Waals surface area contributed by atoms with Gasteiger partial charge in [0.1, 0.15) is 22.0 Å². The van der Waals surface area contributed by atoms with E-state index in [0.717, 1.165) is 47.0 Å². The van der Waals surface area contributed by atoms with Crippen LogP contribution in [0, 0.1) is 6.92 Å². The Morgan fingerprint density at radius 1 is 1.00 bits per heavy atom. The Morgan fingerprint density at radius 2 is 1.75 bits per heavy atom. The first-order valence-electron chi connectivity index (χ1n) is 8.16. The molecule has 126 valence electrons. The van der Waals surface area contributed by atoms with E-state index in [1.54, 1.807) is 29.0 Å². The number of piperazine rings is 1. The van der Waals surface area contributed by atoms with Crippen LogP contribution in [-0.4, -0.2) is 46.3 Å². The van der Waals surface area contributed by atoms with Crippen molar-refractivity contribution in [1.29, 1.82) is 0 Å². The van der Waals surface area contributed by atoms with Gasteiger partial charge in [0.25, 0.3) is 0 Å². The molecule has 0 amide bonds. The van der Waals surface area contributed by atoms with Gasteiger partial charge in [-0.05, 0) is 13.0 Å². The van der Waals surface area contributed by atoms with E-state index in [1.165, 1.54) is 10.3 Å². The van der Waals surface area contributed by atoms with Crippen molar-refractivity contribution in [2.45, 2.75) is 26.7 Å². The van der Waals surface area contributed by atoms with E-state index in [2.05, 4.69) is 56.8 Å². The molecule has 1 aliphatic rings. The molecule has 4 rings (SSSR count). The molecule has 0 aliphatic carbocycles. The molecule has 4 heterocycles. The summed E-state index contributed by atoms with van der Waals surface area (Å²) in [6, 6.07) is 2.20. The predicted molar refractivity (Wildman–Crippen MR) is 101 cm³/mol. The van der Waals surface area contributed by atoms with Crippen LogP contribution < -0.4 is 9.80 Å². The van der Waals surface area contributed by atoms with Gasteiger partial charge in [0, 0.05) is 37.0 Å². The lowest BCUT2D eigenvalue weighted by molar-refractivity contribution is 0.645. The van der Waals surface area contributed by atoms with Gasteiger partial charge in [0.2, 0.25) is 5.13 Å². The Balaban J connectivity index is 1.51. The molecule has 1 fully saturated rings. The minimum atomic E-state index is 0.439. The van der Waals surface area contributed by atoms with Crippen molar-refractivity contribution in [2.75, 3.05) is 36.0 Å². The van der Waals surface area contributed by atoms with Crippen LogP contribution in [0.15, 0.2) is 12.4 Å². The number of thiophene rings is 1. The molecular weight excluding hydrogens is 340 g/mol. The van der Waals surface area contributed by atoms with Crippen LogP contribution in [0.1, 0.15) is 29.7 Å². The third-order valence-electron chi connectivity index (χ3n) is 4.21. The highest BCUT2D eigenvalue weighted by Crippen LogP contribution is 2.31. The SMILES string of the molecule is Cc1cc2c(N3CCN(c4nnc(C(C)C)s4)CC3)ncnc2s1. The topological polar surface area (TPSA) is 58.0 Å². The third kappa shape index (κ3) is 2.84. The average Bonchev–Trinajstić information content (AvgIpc) is 3.20. The molecule has 3 aromatic rings. The summed E-state index contributed by atoms with van der Waals surface area (Å²) in [6.07, 6.45) is 1.68. The molecule has 0 N–H and O–H groups in total. The Kier molecular flexibility index (Phi) is 4.09. The summed E-state index contributed by atoms with van der Waals surface area (Å²) < 4.78 is 0. The van der Waals surface area contributed by atoms with Crippen LogP contribution >= 0.6 is 22.7 Å². The van der Waals surface area contributed by atoms with Gasteiger partial charge in [-0.25, -0.2) is 9.97 Å². The molecule has 3 aromatic heterocycles. The number of hydrogen-bond donors (Lipinski definition) is 0. The quantitative estimate of drug-likeness (QED) is 0.714. The van der Waals surface area contributed by atoms with Crippen LogP contribution in [0.5, 0.6) is 0 Å². The number of hydrogen-bond acceptors (Lipinski definition) is 8. The maximum atomic E-state index is 4.55. The maximum absolute atomic E-state index is 4.55. The molecule has 0 saturated carbocycles. The van der Waals surface area contributed by atoms with Crippen molar-refractivity contribution in [3.05, 3.63) is 22.3 Å². The van der Waals surface area contributed by atoms with Crippen LogP contribution in [-0.2, 0) is 0 Å². The fourth-order valence-corrected chi connectivity index (χ4v) is 4.65. The lowest BCUT2D eigenvalue weighted by atomic mass is 10.2. The van der Waals surface area contributed by atoms with Crippen molar-refractivity contribution in [2.24, 2.45) is 0 Å². The van der Waals surface area contributed by atoms with Crippen LogP contribution in [0.3, 0.4) is 0 Å². The van der Waals surface area contributed by atoms with Crippen molar-refractivity contribution in [3.8, 4) is 0 Å². The van der Waals surface area contributed by atoms with E-state index in [-0.39, 0.29) is 0 Å². The molecule has 24 heavy (non-hydrogen) atoms. The van der Waals surface area contributed by atoms with Crippen LogP contribution in [0.4, 0.5) is 10.9 Å². The van der Waals surface area contributed by atoms with Gasteiger partial charge in [-0.1, -0.05) is 25.2 Å². The van der Waals surface area contributed by atoms with Gasteiger partial charge in [0.05, 0.1) is 5.39 Å². The van der Waals surface area contributed by atoms with Gasteiger partial charge in [-0.3, -0.25) is 0 Å². The Bertz CT molecular complexity index is 847. The number of anilines is 2.